The number of carboxylic acid groups (broad SMARTS) is 1. The first kappa shape index (κ1) is 12.2. The number of aryl methyl sites for hydroxylation is 2. The van der Waals surface area contributed by atoms with Crippen LogP contribution in [0.3, 0.4) is 0 Å². The summed E-state index contributed by atoms with van der Waals surface area (Å²) in [6.45, 7) is 1.81. The van der Waals surface area contributed by atoms with Crippen molar-refractivity contribution in [2.75, 3.05) is 5.32 Å². The van der Waals surface area contributed by atoms with Crippen LogP contribution in [0.25, 0.3) is 0 Å². The molecule has 1 amide bonds. The zero-order valence-electron chi connectivity index (χ0n) is 9.67. The Kier molecular flexibility index (Phi) is 3.11. The van der Waals surface area contributed by atoms with E-state index in [4.69, 9.17) is 5.11 Å². The maximum atomic E-state index is 11.8. The van der Waals surface area contributed by atoms with Gasteiger partial charge in [-0.3, -0.25) is 9.48 Å². The standard InChI is InChI=1S/C10H10N4O3S/c1-5-3-7(14(2)13-5)12-8(15)9-11-6(4-18-9)10(16)17/h3-4H,1-2H3,(H,12,15)(H,16,17). The summed E-state index contributed by atoms with van der Waals surface area (Å²) in [7, 11) is 1.70. The average Bonchev–Trinajstić information content (AvgIpc) is 2.86. The highest BCUT2D eigenvalue weighted by atomic mass is 32.1. The van der Waals surface area contributed by atoms with E-state index in [-0.39, 0.29) is 10.7 Å². The number of hydrogen-bond acceptors (Lipinski definition) is 5. The van der Waals surface area contributed by atoms with Crippen LogP contribution in [-0.2, 0) is 7.05 Å². The lowest BCUT2D eigenvalue weighted by atomic mass is 10.4. The number of carbonyl (C=O) groups is 2. The van der Waals surface area contributed by atoms with Gasteiger partial charge in [-0.15, -0.1) is 11.3 Å². The number of hydrogen-bond donors (Lipinski definition) is 2. The van der Waals surface area contributed by atoms with Crippen LogP contribution in [0.1, 0.15) is 26.0 Å². The van der Waals surface area contributed by atoms with E-state index in [0.717, 1.165) is 17.0 Å². The van der Waals surface area contributed by atoms with Crippen LogP contribution in [0.5, 0.6) is 0 Å². The Morgan fingerprint density at radius 3 is 2.72 bits per heavy atom. The molecule has 2 N–H and O–H groups in total. The lowest BCUT2D eigenvalue weighted by molar-refractivity contribution is 0.0691. The van der Waals surface area contributed by atoms with Gasteiger partial charge in [0.05, 0.1) is 5.69 Å². The molecule has 0 fully saturated rings. The SMILES string of the molecule is Cc1cc(NC(=O)c2nc(C(=O)O)cs2)n(C)n1. The number of rotatable bonds is 3. The number of anilines is 1. The van der Waals surface area contributed by atoms with Crippen LogP contribution in [0.4, 0.5) is 5.82 Å². The molecule has 94 valence electrons. The fraction of sp³-hybridized carbons (Fsp3) is 0.200. The van der Waals surface area contributed by atoms with Gasteiger partial charge in [0.1, 0.15) is 5.82 Å². The first-order valence-electron chi connectivity index (χ1n) is 4.98. The van der Waals surface area contributed by atoms with Gasteiger partial charge in [0.2, 0.25) is 0 Å². The average molecular weight is 266 g/mol. The third-order valence-corrected chi connectivity index (χ3v) is 3.00. The Morgan fingerprint density at radius 1 is 1.50 bits per heavy atom. The Morgan fingerprint density at radius 2 is 2.22 bits per heavy atom. The first-order chi connectivity index (χ1) is 8.47. The number of nitrogens with one attached hydrogen (secondary N) is 1. The van der Waals surface area contributed by atoms with Crippen LogP contribution in [0.2, 0.25) is 0 Å². The Hall–Kier alpha value is -2.22. The van der Waals surface area contributed by atoms with Crippen LogP contribution in [0, 0.1) is 6.92 Å². The molecule has 0 aromatic carbocycles. The summed E-state index contributed by atoms with van der Waals surface area (Å²) in [6, 6.07) is 1.71. The molecule has 2 rings (SSSR count). The molecular weight excluding hydrogens is 256 g/mol. The van der Waals surface area contributed by atoms with Crippen LogP contribution >= 0.6 is 11.3 Å². The van der Waals surface area contributed by atoms with E-state index in [1.807, 2.05) is 6.92 Å². The summed E-state index contributed by atoms with van der Waals surface area (Å²) in [4.78, 5) is 26.2. The third-order valence-electron chi connectivity index (χ3n) is 2.16. The summed E-state index contributed by atoms with van der Waals surface area (Å²) in [5, 5.41) is 16.8. The summed E-state index contributed by atoms with van der Waals surface area (Å²) in [6.07, 6.45) is 0. The second kappa shape index (κ2) is 4.57. The molecule has 0 unspecified atom stereocenters. The summed E-state index contributed by atoms with van der Waals surface area (Å²) in [5.41, 5.74) is 0.643. The molecule has 0 saturated carbocycles. The highest BCUT2D eigenvalue weighted by Gasteiger charge is 2.16. The zero-order chi connectivity index (χ0) is 13.3. The smallest absolute Gasteiger partial charge is 0.355 e. The summed E-state index contributed by atoms with van der Waals surface area (Å²) in [5.74, 6) is -1.07. The molecule has 0 saturated heterocycles. The monoisotopic (exact) mass is 266 g/mol. The number of aromatic carboxylic acids is 1. The van der Waals surface area contributed by atoms with E-state index >= 15 is 0 Å². The maximum Gasteiger partial charge on any atom is 0.355 e. The normalized spacial score (nSPS) is 10.3. The Bertz CT molecular complexity index is 616. The quantitative estimate of drug-likeness (QED) is 0.868. The summed E-state index contributed by atoms with van der Waals surface area (Å²) < 4.78 is 1.53. The number of carbonyl (C=O) groups excluding carboxylic acids is 1. The fourth-order valence-corrected chi connectivity index (χ4v) is 2.06. The Labute approximate surface area is 106 Å². The van der Waals surface area contributed by atoms with Crippen molar-refractivity contribution in [2.24, 2.45) is 7.05 Å². The number of carboxylic acids is 1. The lowest BCUT2D eigenvalue weighted by Gasteiger charge is -2.01. The second-order valence-corrected chi connectivity index (χ2v) is 4.45. The zero-order valence-corrected chi connectivity index (χ0v) is 10.5. The molecule has 0 radical (unpaired) electrons. The van der Waals surface area contributed by atoms with Gasteiger partial charge in [0.25, 0.3) is 5.91 Å². The van der Waals surface area contributed by atoms with Crippen LogP contribution in [-0.4, -0.2) is 31.7 Å². The molecule has 8 heteroatoms. The number of aromatic nitrogens is 3. The molecule has 0 bridgehead atoms. The molecule has 2 aromatic heterocycles. The van der Waals surface area contributed by atoms with Crippen molar-refractivity contribution in [1.29, 1.82) is 0 Å². The highest BCUT2D eigenvalue weighted by molar-refractivity contribution is 7.12. The van der Waals surface area contributed by atoms with Crippen molar-refractivity contribution in [3.63, 3.8) is 0 Å². The van der Waals surface area contributed by atoms with Crippen molar-refractivity contribution in [2.45, 2.75) is 6.92 Å². The molecule has 2 aromatic rings. The van der Waals surface area contributed by atoms with Crippen molar-refractivity contribution in [3.8, 4) is 0 Å². The molecule has 18 heavy (non-hydrogen) atoms. The number of thiazole rings is 1. The van der Waals surface area contributed by atoms with Gasteiger partial charge in [-0.1, -0.05) is 0 Å². The lowest BCUT2D eigenvalue weighted by Crippen LogP contribution is -2.14. The number of amides is 1. The Balaban J connectivity index is 2.16. The molecule has 7 nitrogen and oxygen atoms in total. The third kappa shape index (κ3) is 2.38. The minimum atomic E-state index is -1.15. The first-order valence-corrected chi connectivity index (χ1v) is 5.86. The highest BCUT2D eigenvalue weighted by Crippen LogP contribution is 2.14. The summed E-state index contributed by atoms with van der Waals surface area (Å²) >= 11 is 0.984. The molecule has 0 aliphatic carbocycles. The minimum absolute atomic E-state index is 0.103. The van der Waals surface area contributed by atoms with E-state index in [9.17, 15) is 9.59 Å². The van der Waals surface area contributed by atoms with Crippen molar-refractivity contribution >= 4 is 29.0 Å². The fourth-order valence-electron chi connectivity index (χ4n) is 1.37. The van der Waals surface area contributed by atoms with Crippen molar-refractivity contribution < 1.29 is 14.7 Å². The van der Waals surface area contributed by atoms with Crippen LogP contribution < -0.4 is 5.32 Å². The molecule has 0 spiro atoms. The topological polar surface area (TPSA) is 97.1 Å². The van der Waals surface area contributed by atoms with E-state index < -0.39 is 11.9 Å². The van der Waals surface area contributed by atoms with Gasteiger partial charge in [-0.25, -0.2) is 9.78 Å². The van der Waals surface area contributed by atoms with Gasteiger partial charge >= 0.3 is 5.97 Å². The van der Waals surface area contributed by atoms with E-state index in [2.05, 4.69) is 15.4 Å². The van der Waals surface area contributed by atoms with Crippen LogP contribution in [0.15, 0.2) is 11.4 Å². The van der Waals surface area contributed by atoms with Gasteiger partial charge in [0, 0.05) is 18.5 Å². The molecule has 2 heterocycles. The molecular formula is C10H10N4O3S. The molecule has 0 aliphatic rings. The molecule has 0 atom stereocenters. The van der Waals surface area contributed by atoms with Gasteiger partial charge < -0.3 is 10.4 Å². The predicted molar refractivity (Wildman–Crippen MR) is 65.0 cm³/mol. The van der Waals surface area contributed by atoms with Gasteiger partial charge in [0.15, 0.2) is 10.7 Å². The van der Waals surface area contributed by atoms with Crippen molar-refractivity contribution in [3.05, 3.63) is 27.8 Å². The maximum absolute atomic E-state index is 11.8. The van der Waals surface area contributed by atoms with Crippen molar-refractivity contribution in [1.82, 2.24) is 14.8 Å². The minimum Gasteiger partial charge on any atom is -0.476 e. The van der Waals surface area contributed by atoms with E-state index in [0.29, 0.717) is 5.82 Å². The van der Waals surface area contributed by atoms with E-state index in [1.165, 1.54) is 10.1 Å². The molecule has 0 aliphatic heterocycles. The van der Waals surface area contributed by atoms with E-state index in [1.54, 1.807) is 13.1 Å². The number of nitrogens with zero attached hydrogens (tertiary/aromatic N) is 3. The predicted octanol–water partition coefficient (Wildman–Crippen LogP) is 1.14. The van der Waals surface area contributed by atoms with Gasteiger partial charge in [-0.05, 0) is 6.92 Å². The second-order valence-electron chi connectivity index (χ2n) is 3.59. The largest absolute Gasteiger partial charge is 0.476 e. The van der Waals surface area contributed by atoms with Gasteiger partial charge in [-0.2, -0.15) is 5.10 Å².